The number of hydrogen-bond acceptors (Lipinski definition) is 6. The predicted molar refractivity (Wildman–Crippen MR) is 109 cm³/mol. The summed E-state index contributed by atoms with van der Waals surface area (Å²) in [6.07, 6.45) is 0. The van der Waals surface area contributed by atoms with Gasteiger partial charge in [-0.15, -0.1) is 21.5 Å². The Morgan fingerprint density at radius 1 is 1.26 bits per heavy atom. The van der Waals surface area contributed by atoms with Crippen molar-refractivity contribution >= 4 is 29.0 Å². The molecule has 142 valence electrons. The molecule has 0 aliphatic carbocycles. The summed E-state index contributed by atoms with van der Waals surface area (Å²) in [5.41, 5.74) is 1.19. The van der Waals surface area contributed by atoms with E-state index in [1.165, 1.54) is 17.3 Å². The smallest absolute Gasteiger partial charge is 0.230 e. The zero-order chi connectivity index (χ0) is 19.1. The number of thiophene rings is 1. The highest BCUT2D eigenvalue weighted by Crippen LogP contribution is 2.26. The Kier molecular flexibility index (Phi) is 6.89. The molecule has 1 N–H and O–H groups in total. The molecule has 1 amide bonds. The van der Waals surface area contributed by atoms with Crippen molar-refractivity contribution in [3.8, 4) is 16.5 Å². The minimum Gasteiger partial charge on any atom is -0.492 e. The van der Waals surface area contributed by atoms with Crippen LogP contribution in [0.25, 0.3) is 10.7 Å². The fraction of sp³-hybridized carbons (Fsp3) is 0.316. The minimum absolute atomic E-state index is 0.0455. The van der Waals surface area contributed by atoms with Crippen LogP contribution >= 0.6 is 23.1 Å². The second-order valence-corrected chi connectivity index (χ2v) is 7.72. The number of benzene rings is 1. The highest BCUT2D eigenvalue weighted by Gasteiger charge is 2.15. The van der Waals surface area contributed by atoms with Gasteiger partial charge in [0.15, 0.2) is 11.0 Å². The molecule has 3 aromatic rings. The maximum Gasteiger partial charge on any atom is 0.230 e. The zero-order valence-corrected chi connectivity index (χ0v) is 17.0. The summed E-state index contributed by atoms with van der Waals surface area (Å²) in [5.74, 6) is 1.91. The van der Waals surface area contributed by atoms with Crippen molar-refractivity contribution in [3.05, 3.63) is 47.3 Å². The zero-order valence-electron chi connectivity index (χ0n) is 15.3. The normalized spacial score (nSPS) is 10.7. The molecule has 27 heavy (non-hydrogen) atoms. The lowest BCUT2D eigenvalue weighted by Crippen LogP contribution is -2.29. The third-order valence-electron chi connectivity index (χ3n) is 3.82. The van der Waals surface area contributed by atoms with Gasteiger partial charge in [-0.2, -0.15) is 0 Å². The lowest BCUT2D eigenvalue weighted by atomic mass is 10.2. The summed E-state index contributed by atoms with van der Waals surface area (Å²) in [4.78, 5) is 13.1. The average molecular weight is 403 g/mol. The van der Waals surface area contributed by atoms with E-state index in [9.17, 15) is 4.79 Å². The number of amides is 1. The van der Waals surface area contributed by atoms with Gasteiger partial charge in [0.25, 0.3) is 0 Å². The maximum absolute atomic E-state index is 12.1. The molecule has 0 aliphatic heterocycles. The molecule has 8 heteroatoms. The number of nitrogens with zero attached hydrogens (tertiary/aromatic N) is 3. The van der Waals surface area contributed by atoms with Crippen LogP contribution in [-0.2, 0) is 11.3 Å². The van der Waals surface area contributed by atoms with E-state index >= 15 is 0 Å². The highest BCUT2D eigenvalue weighted by molar-refractivity contribution is 7.99. The van der Waals surface area contributed by atoms with Crippen molar-refractivity contribution in [1.82, 2.24) is 20.1 Å². The molecular formula is C19H22N4O2S2. The first-order valence-electron chi connectivity index (χ1n) is 8.73. The number of hydrogen-bond donors (Lipinski definition) is 1. The van der Waals surface area contributed by atoms with Crippen molar-refractivity contribution in [1.29, 1.82) is 0 Å². The number of aryl methyl sites for hydroxylation is 1. The van der Waals surface area contributed by atoms with Crippen LogP contribution < -0.4 is 10.1 Å². The lowest BCUT2D eigenvalue weighted by Gasteiger charge is -2.08. The van der Waals surface area contributed by atoms with Gasteiger partial charge < -0.3 is 14.6 Å². The molecule has 1 aromatic carbocycles. The summed E-state index contributed by atoms with van der Waals surface area (Å²) in [5, 5.41) is 14.1. The van der Waals surface area contributed by atoms with Crippen LogP contribution in [0.4, 0.5) is 0 Å². The van der Waals surface area contributed by atoms with Gasteiger partial charge in [0.2, 0.25) is 5.91 Å². The first kappa shape index (κ1) is 19.4. The third-order valence-corrected chi connectivity index (χ3v) is 5.65. The Balaban J connectivity index is 1.43. The molecule has 2 aromatic heterocycles. The van der Waals surface area contributed by atoms with Crippen LogP contribution in [0.15, 0.2) is 46.9 Å². The monoisotopic (exact) mass is 402 g/mol. The highest BCUT2D eigenvalue weighted by atomic mass is 32.2. The quantitative estimate of drug-likeness (QED) is 0.437. The van der Waals surface area contributed by atoms with Gasteiger partial charge in [-0.3, -0.25) is 4.79 Å². The molecule has 0 saturated heterocycles. The van der Waals surface area contributed by atoms with Crippen LogP contribution in [-0.4, -0.2) is 39.6 Å². The van der Waals surface area contributed by atoms with E-state index in [0.29, 0.717) is 18.9 Å². The molecule has 0 unspecified atom stereocenters. The fourth-order valence-corrected chi connectivity index (χ4v) is 3.99. The van der Waals surface area contributed by atoms with Crippen LogP contribution in [0.3, 0.4) is 0 Å². The van der Waals surface area contributed by atoms with Gasteiger partial charge >= 0.3 is 0 Å². The van der Waals surface area contributed by atoms with Crippen LogP contribution in [0.1, 0.15) is 12.5 Å². The number of ether oxygens (including phenoxy) is 1. The second kappa shape index (κ2) is 9.57. The molecule has 0 bridgehead atoms. The first-order chi connectivity index (χ1) is 13.2. The Hall–Kier alpha value is -2.32. The van der Waals surface area contributed by atoms with E-state index < -0.39 is 0 Å². The Bertz CT molecular complexity index is 860. The molecule has 3 rings (SSSR count). The van der Waals surface area contributed by atoms with E-state index in [2.05, 4.69) is 15.5 Å². The molecule has 6 nitrogen and oxygen atoms in total. The summed E-state index contributed by atoms with van der Waals surface area (Å²) in [7, 11) is 0. The molecular weight excluding hydrogens is 380 g/mol. The fourth-order valence-electron chi connectivity index (χ4n) is 2.44. The molecule has 0 fully saturated rings. The SMILES string of the molecule is CCn1c(SCC(=O)NCCOc2ccc(C)cc2)nnc1-c1cccs1. The molecule has 0 aliphatic rings. The number of nitrogens with one attached hydrogen (secondary N) is 1. The Labute approximate surface area is 167 Å². The number of aromatic nitrogens is 3. The molecule has 0 radical (unpaired) electrons. The van der Waals surface area contributed by atoms with Crippen molar-refractivity contribution in [2.45, 2.75) is 25.5 Å². The minimum atomic E-state index is -0.0455. The van der Waals surface area contributed by atoms with Gasteiger partial charge in [-0.05, 0) is 37.4 Å². The maximum atomic E-state index is 12.1. The van der Waals surface area contributed by atoms with Gasteiger partial charge in [0.05, 0.1) is 17.2 Å². The number of carbonyl (C=O) groups is 1. The summed E-state index contributed by atoms with van der Waals surface area (Å²) >= 11 is 3.02. The molecule has 0 spiro atoms. The predicted octanol–water partition coefficient (Wildman–Crippen LogP) is 3.62. The van der Waals surface area contributed by atoms with Crippen molar-refractivity contribution in [2.24, 2.45) is 0 Å². The van der Waals surface area contributed by atoms with Crippen LogP contribution in [0.5, 0.6) is 5.75 Å². The van der Waals surface area contributed by atoms with Gasteiger partial charge in [-0.1, -0.05) is 35.5 Å². The molecule has 2 heterocycles. The van der Waals surface area contributed by atoms with Crippen LogP contribution in [0, 0.1) is 6.92 Å². The largest absolute Gasteiger partial charge is 0.492 e. The molecule has 0 saturated carbocycles. The summed E-state index contributed by atoms with van der Waals surface area (Å²) < 4.78 is 7.64. The topological polar surface area (TPSA) is 69.0 Å². The van der Waals surface area contributed by atoms with Crippen molar-refractivity contribution in [2.75, 3.05) is 18.9 Å². The Morgan fingerprint density at radius 3 is 2.78 bits per heavy atom. The van der Waals surface area contributed by atoms with E-state index in [1.807, 2.05) is 60.2 Å². The molecule has 0 atom stereocenters. The second-order valence-electron chi connectivity index (χ2n) is 5.83. The van der Waals surface area contributed by atoms with E-state index in [-0.39, 0.29) is 5.91 Å². The average Bonchev–Trinajstić information content (AvgIpc) is 3.34. The summed E-state index contributed by atoms with van der Waals surface area (Å²) in [6, 6.07) is 11.9. The number of rotatable bonds is 9. The van der Waals surface area contributed by atoms with Crippen molar-refractivity contribution in [3.63, 3.8) is 0 Å². The van der Waals surface area contributed by atoms with Gasteiger partial charge in [0, 0.05) is 6.54 Å². The van der Waals surface area contributed by atoms with Crippen LogP contribution in [0.2, 0.25) is 0 Å². The van der Waals surface area contributed by atoms with Crippen molar-refractivity contribution < 1.29 is 9.53 Å². The lowest BCUT2D eigenvalue weighted by molar-refractivity contribution is -0.118. The number of carbonyl (C=O) groups excluding carboxylic acids is 1. The van der Waals surface area contributed by atoms with E-state index in [4.69, 9.17) is 4.74 Å². The number of thioether (sulfide) groups is 1. The standard InChI is InChI=1S/C19H22N4O2S2/c1-3-23-18(16-5-4-12-26-16)21-22-19(23)27-13-17(24)20-10-11-25-15-8-6-14(2)7-9-15/h4-9,12H,3,10-11,13H2,1-2H3,(H,20,24). The first-order valence-corrected chi connectivity index (χ1v) is 10.6. The Morgan fingerprint density at radius 2 is 2.07 bits per heavy atom. The van der Waals surface area contributed by atoms with Gasteiger partial charge in [0.1, 0.15) is 12.4 Å². The summed E-state index contributed by atoms with van der Waals surface area (Å²) in [6.45, 7) is 5.74. The van der Waals surface area contributed by atoms with E-state index in [1.54, 1.807) is 11.3 Å². The third kappa shape index (κ3) is 5.33. The van der Waals surface area contributed by atoms with Gasteiger partial charge in [-0.25, -0.2) is 0 Å². The van der Waals surface area contributed by atoms with E-state index in [0.717, 1.165) is 28.2 Å².